The molecular weight excluding hydrogens is 280 g/mol. The Morgan fingerprint density at radius 3 is 1.55 bits per heavy atom. The second-order valence-corrected chi connectivity index (χ2v) is 5.91. The SMILES string of the molecule is CCCCC(CC)C(=O)O.CCCCCC(CCC)C(=O)O. The van der Waals surface area contributed by atoms with E-state index < -0.39 is 11.9 Å². The van der Waals surface area contributed by atoms with E-state index in [1.165, 1.54) is 6.42 Å². The Labute approximate surface area is 136 Å². The first-order chi connectivity index (χ1) is 10.4. The van der Waals surface area contributed by atoms with Crippen molar-refractivity contribution in [3.63, 3.8) is 0 Å². The molecule has 2 unspecified atom stereocenters. The van der Waals surface area contributed by atoms with Gasteiger partial charge in [0.1, 0.15) is 0 Å². The summed E-state index contributed by atoms with van der Waals surface area (Å²) in [4.78, 5) is 21.1. The third kappa shape index (κ3) is 13.9. The van der Waals surface area contributed by atoms with Gasteiger partial charge in [0.25, 0.3) is 0 Å². The Bertz CT molecular complexity index is 276. The van der Waals surface area contributed by atoms with E-state index in [0.717, 1.165) is 57.8 Å². The van der Waals surface area contributed by atoms with Gasteiger partial charge < -0.3 is 10.2 Å². The third-order valence-electron chi connectivity index (χ3n) is 3.89. The van der Waals surface area contributed by atoms with Crippen LogP contribution in [0.5, 0.6) is 0 Å². The predicted octanol–water partition coefficient (Wildman–Crippen LogP) is 5.36. The van der Waals surface area contributed by atoms with Crippen molar-refractivity contribution in [3.8, 4) is 0 Å². The van der Waals surface area contributed by atoms with Crippen LogP contribution >= 0.6 is 0 Å². The van der Waals surface area contributed by atoms with E-state index in [4.69, 9.17) is 10.2 Å². The molecule has 0 radical (unpaired) electrons. The van der Waals surface area contributed by atoms with Crippen molar-refractivity contribution < 1.29 is 19.8 Å². The van der Waals surface area contributed by atoms with Gasteiger partial charge in [-0.05, 0) is 25.7 Å². The summed E-state index contributed by atoms with van der Waals surface area (Å²) in [6.45, 7) is 8.17. The summed E-state index contributed by atoms with van der Waals surface area (Å²) in [6, 6.07) is 0. The lowest BCUT2D eigenvalue weighted by atomic mass is 9.97. The Kier molecular flexibility index (Phi) is 17.2. The van der Waals surface area contributed by atoms with Crippen molar-refractivity contribution in [2.24, 2.45) is 11.8 Å². The molecule has 0 aliphatic heterocycles. The van der Waals surface area contributed by atoms with Crippen LogP contribution in [0, 0.1) is 11.8 Å². The van der Waals surface area contributed by atoms with Gasteiger partial charge >= 0.3 is 11.9 Å². The maximum absolute atomic E-state index is 10.7. The molecule has 0 fully saturated rings. The summed E-state index contributed by atoms with van der Waals surface area (Å²) in [5.74, 6) is -1.47. The van der Waals surface area contributed by atoms with Crippen molar-refractivity contribution in [3.05, 3.63) is 0 Å². The number of hydrogen-bond donors (Lipinski definition) is 2. The van der Waals surface area contributed by atoms with Gasteiger partial charge in [0.2, 0.25) is 0 Å². The van der Waals surface area contributed by atoms with Crippen molar-refractivity contribution in [1.82, 2.24) is 0 Å². The van der Waals surface area contributed by atoms with Crippen LogP contribution in [0.1, 0.15) is 91.9 Å². The summed E-state index contributed by atoms with van der Waals surface area (Å²) in [5, 5.41) is 17.4. The predicted molar refractivity (Wildman–Crippen MR) is 91.1 cm³/mol. The molecule has 22 heavy (non-hydrogen) atoms. The molecule has 0 aliphatic carbocycles. The van der Waals surface area contributed by atoms with Crippen LogP contribution in [-0.4, -0.2) is 22.2 Å². The van der Waals surface area contributed by atoms with E-state index in [9.17, 15) is 9.59 Å². The average Bonchev–Trinajstić information content (AvgIpc) is 2.47. The second kappa shape index (κ2) is 16.3. The lowest BCUT2D eigenvalue weighted by Gasteiger charge is -2.09. The molecule has 0 amide bonds. The number of unbranched alkanes of at least 4 members (excludes halogenated alkanes) is 3. The van der Waals surface area contributed by atoms with Gasteiger partial charge in [-0.3, -0.25) is 9.59 Å². The molecule has 0 rings (SSSR count). The second-order valence-electron chi connectivity index (χ2n) is 5.91. The number of carbonyl (C=O) groups is 2. The van der Waals surface area contributed by atoms with Gasteiger partial charge in [-0.15, -0.1) is 0 Å². The molecule has 0 aromatic carbocycles. The van der Waals surface area contributed by atoms with E-state index >= 15 is 0 Å². The monoisotopic (exact) mass is 316 g/mol. The lowest BCUT2D eigenvalue weighted by Crippen LogP contribution is -2.13. The number of carboxylic acids is 2. The largest absolute Gasteiger partial charge is 0.481 e. The smallest absolute Gasteiger partial charge is 0.306 e. The normalized spacial score (nSPS) is 12.9. The minimum atomic E-state index is -0.643. The summed E-state index contributed by atoms with van der Waals surface area (Å²) >= 11 is 0. The molecule has 0 aliphatic rings. The van der Waals surface area contributed by atoms with Crippen molar-refractivity contribution in [2.45, 2.75) is 91.9 Å². The van der Waals surface area contributed by atoms with E-state index in [0.29, 0.717) is 0 Å². The molecular formula is C18H36O4. The van der Waals surface area contributed by atoms with E-state index in [2.05, 4.69) is 13.8 Å². The van der Waals surface area contributed by atoms with E-state index in [1.807, 2.05) is 13.8 Å². The van der Waals surface area contributed by atoms with Gasteiger partial charge in [0.15, 0.2) is 0 Å². The highest BCUT2D eigenvalue weighted by atomic mass is 16.4. The van der Waals surface area contributed by atoms with Gasteiger partial charge in [0, 0.05) is 0 Å². The van der Waals surface area contributed by atoms with Crippen LogP contribution in [0.4, 0.5) is 0 Å². The zero-order chi connectivity index (χ0) is 17.4. The molecule has 4 nitrogen and oxygen atoms in total. The van der Waals surface area contributed by atoms with Crippen LogP contribution in [0.3, 0.4) is 0 Å². The molecule has 132 valence electrons. The van der Waals surface area contributed by atoms with E-state index in [1.54, 1.807) is 0 Å². The molecule has 0 bridgehead atoms. The minimum absolute atomic E-state index is 0.0958. The van der Waals surface area contributed by atoms with Crippen molar-refractivity contribution in [2.75, 3.05) is 0 Å². The minimum Gasteiger partial charge on any atom is -0.481 e. The quantitative estimate of drug-likeness (QED) is 0.476. The maximum Gasteiger partial charge on any atom is 0.306 e. The van der Waals surface area contributed by atoms with Crippen molar-refractivity contribution >= 4 is 11.9 Å². The van der Waals surface area contributed by atoms with Crippen LogP contribution in [0.25, 0.3) is 0 Å². The number of aliphatic carboxylic acids is 2. The number of rotatable bonds is 12. The standard InChI is InChI=1S/C10H20O2.C8H16O2/c1-3-5-6-8-9(7-4-2)10(11)12;1-3-5-6-7(4-2)8(9)10/h9H,3-8H2,1-2H3,(H,11,12);7H,3-6H2,1-2H3,(H,9,10). The zero-order valence-electron chi connectivity index (χ0n) is 14.9. The Morgan fingerprint density at radius 1 is 0.682 bits per heavy atom. The first-order valence-corrected chi connectivity index (χ1v) is 8.89. The summed E-state index contributed by atoms with van der Waals surface area (Å²) in [5.41, 5.74) is 0. The summed E-state index contributed by atoms with van der Waals surface area (Å²) in [7, 11) is 0. The number of hydrogen-bond acceptors (Lipinski definition) is 2. The fourth-order valence-electron chi connectivity index (χ4n) is 2.33. The van der Waals surface area contributed by atoms with Gasteiger partial charge in [0.05, 0.1) is 11.8 Å². The molecule has 0 aromatic heterocycles. The molecule has 0 spiro atoms. The maximum atomic E-state index is 10.7. The van der Waals surface area contributed by atoms with Crippen molar-refractivity contribution in [1.29, 1.82) is 0 Å². The molecule has 2 atom stereocenters. The Hall–Kier alpha value is -1.06. The van der Waals surface area contributed by atoms with Crippen LogP contribution in [-0.2, 0) is 9.59 Å². The van der Waals surface area contributed by atoms with E-state index in [-0.39, 0.29) is 11.8 Å². The first-order valence-electron chi connectivity index (χ1n) is 8.89. The highest BCUT2D eigenvalue weighted by Gasteiger charge is 2.15. The average molecular weight is 316 g/mol. The Balaban J connectivity index is 0. The van der Waals surface area contributed by atoms with Crippen LogP contribution in [0.2, 0.25) is 0 Å². The molecule has 4 heteroatoms. The molecule has 0 saturated heterocycles. The topological polar surface area (TPSA) is 74.6 Å². The molecule has 0 heterocycles. The number of carboxylic acid groups (broad SMARTS) is 2. The highest BCUT2D eigenvalue weighted by Crippen LogP contribution is 2.15. The summed E-state index contributed by atoms with van der Waals surface area (Å²) < 4.78 is 0. The molecule has 0 aromatic rings. The fourth-order valence-corrected chi connectivity index (χ4v) is 2.33. The Morgan fingerprint density at radius 2 is 1.18 bits per heavy atom. The van der Waals surface area contributed by atoms with Gasteiger partial charge in [-0.2, -0.15) is 0 Å². The van der Waals surface area contributed by atoms with Crippen LogP contribution < -0.4 is 0 Å². The summed E-state index contributed by atoms with van der Waals surface area (Å²) in [6.07, 6.45) is 9.77. The van der Waals surface area contributed by atoms with Crippen LogP contribution in [0.15, 0.2) is 0 Å². The zero-order valence-corrected chi connectivity index (χ0v) is 14.9. The van der Waals surface area contributed by atoms with Gasteiger partial charge in [-0.25, -0.2) is 0 Å². The van der Waals surface area contributed by atoms with Gasteiger partial charge in [-0.1, -0.05) is 66.2 Å². The highest BCUT2D eigenvalue weighted by molar-refractivity contribution is 5.70. The lowest BCUT2D eigenvalue weighted by molar-refractivity contribution is -0.143. The third-order valence-corrected chi connectivity index (χ3v) is 3.89. The molecule has 2 N–H and O–H groups in total. The fraction of sp³-hybridized carbons (Fsp3) is 0.889. The molecule has 0 saturated carbocycles. The first kappa shape index (κ1) is 23.2.